The number of ether oxygens (including phenoxy) is 1. The van der Waals surface area contributed by atoms with Gasteiger partial charge in [0.2, 0.25) is 0 Å². The Labute approximate surface area is 184 Å². The molecule has 0 spiro atoms. The number of para-hydroxylation sites is 1. The number of furan rings is 1. The van der Waals surface area contributed by atoms with Crippen LogP contribution in [0, 0.1) is 0 Å². The van der Waals surface area contributed by atoms with Gasteiger partial charge in [0.05, 0.1) is 18.7 Å². The lowest BCUT2D eigenvalue weighted by atomic mass is 9.98. The molecule has 0 radical (unpaired) electrons. The zero-order valence-corrected chi connectivity index (χ0v) is 17.2. The molecule has 1 aliphatic carbocycles. The molecule has 1 heterocycles. The van der Waals surface area contributed by atoms with E-state index >= 15 is 0 Å². The van der Waals surface area contributed by atoms with Crippen LogP contribution in [0.4, 0.5) is 4.79 Å². The summed E-state index contributed by atoms with van der Waals surface area (Å²) in [4.78, 5) is 24.1. The van der Waals surface area contributed by atoms with Crippen molar-refractivity contribution in [3.05, 3.63) is 95.7 Å². The van der Waals surface area contributed by atoms with Crippen LogP contribution in [-0.4, -0.2) is 23.8 Å². The lowest BCUT2D eigenvalue weighted by Gasteiger charge is -2.18. The van der Waals surface area contributed by atoms with Crippen molar-refractivity contribution in [3.63, 3.8) is 0 Å². The minimum atomic E-state index is -1.03. The predicted molar refractivity (Wildman–Crippen MR) is 119 cm³/mol. The number of alkyl carbamates (subject to hydrolysis) is 1. The standard InChI is InChI=1S/C26H21NO5/c28-25(29)13-23(22-15-31-24-12-6-5-11-20(22)24)27-26(30)32-14-21-18-9-3-1-7-16(18)17-8-2-4-10-19(17)21/h1-12,15,21,23H,13-14H2,(H,27,30)(H,28,29)/t23-/m1/s1. The Morgan fingerprint density at radius 2 is 1.56 bits per heavy atom. The highest BCUT2D eigenvalue weighted by Gasteiger charge is 2.30. The first-order valence-electron chi connectivity index (χ1n) is 10.4. The minimum Gasteiger partial charge on any atom is -0.481 e. The monoisotopic (exact) mass is 427 g/mol. The quantitative estimate of drug-likeness (QED) is 0.425. The van der Waals surface area contributed by atoms with E-state index in [1.165, 1.54) is 6.26 Å². The molecule has 160 valence electrons. The van der Waals surface area contributed by atoms with Crippen molar-refractivity contribution in [3.8, 4) is 11.1 Å². The van der Waals surface area contributed by atoms with Crippen molar-refractivity contribution < 1.29 is 23.8 Å². The number of carboxylic acids is 1. The topological polar surface area (TPSA) is 88.8 Å². The molecule has 1 atom stereocenters. The van der Waals surface area contributed by atoms with Crippen molar-refractivity contribution in [1.82, 2.24) is 5.32 Å². The van der Waals surface area contributed by atoms with Gasteiger partial charge in [-0.25, -0.2) is 4.79 Å². The van der Waals surface area contributed by atoms with Gasteiger partial charge in [-0.3, -0.25) is 4.79 Å². The first-order chi connectivity index (χ1) is 15.6. The molecule has 0 saturated heterocycles. The molecule has 6 nitrogen and oxygen atoms in total. The van der Waals surface area contributed by atoms with E-state index in [1.54, 1.807) is 6.07 Å². The summed E-state index contributed by atoms with van der Waals surface area (Å²) in [6, 6.07) is 22.7. The lowest BCUT2D eigenvalue weighted by Crippen LogP contribution is -2.31. The molecule has 0 unspecified atom stereocenters. The molecule has 0 saturated carbocycles. The number of benzene rings is 3. The van der Waals surface area contributed by atoms with E-state index in [0.717, 1.165) is 27.6 Å². The maximum atomic E-state index is 12.7. The molecular weight excluding hydrogens is 406 g/mol. The summed E-state index contributed by atoms with van der Waals surface area (Å²) in [6.45, 7) is 0.159. The highest BCUT2D eigenvalue weighted by molar-refractivity contribution is 5.83. The SMILES string of the molecule is O=C(O)C[C@@H](NC(=O)OCC1c2ccccc2-c2ccccc21)c1coc2ccccc12. The van der Waals surface area contributed by atoms with E-state index in [9.17, 15) is 14.7 Å². The molecule has 1 aromatic heterocycles. The van der Waals surface area contributed by atoms with Crippen LogP contribution in [0.1, 0.15) is 35.1 Å². The smallest absolute Gasteiger partial charge is 0.407 e. The van der Waals surface area contributed by atoms with Gasteiger partial charge in [-0.15, -0.1) is 0 Å². The minimum absolute atomic E-state index is 0.0687. The summed E-state index contributed by atoms with van der Waals surface area (Å²) in [5.41, 5.74) is 5.76. The van der Waals surface area contributed by atoms with Crippen LogP contribution in [-0.2, 0) is 9.53 Å². The first kappa shape index (κ1) is 19.9. The lowest BCUT2D eigenvalue weighted by molar-refractivity contribution is -0.137. The molecule has 1 aliphatic rings. The number of carboxylic acid groups (broad SMARTS) is 1. The Morgan fingerprint density at radius 3 is 2.25 bits per heavy atom. The molecule has 3 aromatic carbocycles. The van der Waals surface area contributed by atoms with Gasteiger partial charge in [-0.05, 0) is 28.3 Å². The number of fused-ring (bicyclic) bond motifs is 4. The Hall–Kier alpha value is -4.06. The second-order valence-corrected chi connectivity index (χ2v) is 7.81. The van der Waals surface area contributed by atoms with E-state index in [4.69, 9.17) is 9.15 Å². The molecule has 4 aromatic rings. The largest absolute Gasteiger partial charge is 0.481 e. The van der Waals surface area contributed by atoms with Crippen LogP contribution in [0.5, 0.6) is 0 Å². The molecule has 5 rings (SSSR count). The fourth-order valence-corrected chi connectivity index (χ4v) is 4.46. The molecule has 2 N–H and O–H groups in total. The van der Waals surface area contributed by atoms with Crippen LogP contribution in [0.2, 0.25) is 0 Å². The molecule has 1 amide bonds. The normalized spacial score (nSPS) is 13.4. The number of hydrogen-bond donors (Lipinski definition) is 2. The van der Waals surface area contributed by atoms with Crippen molar-refractivity contribution >= 4 is 23.0 Å². The predicted octanol–water partition coefficient (Wildman–Crippen LogP) is 5.49. The molecule has 0 bridgehead atoms. The number of aliphatic carboxylic acids is 1. The van der Waals surface area contributed by atoms with Crippen LogP contribution in [0.3, 0.4) is 0 Å². The summed E-state index contributed by atoms with van der Waals surface area (Å²) in [7, 11) is 0. The van der Waals surface area contributed by atoms with Gasteiger partial charge in [0.1, 0.15) is 12.2 Å². The van der Waals surface area contributed by atoms with Crippen LogP contribution >= 0.6 is 0 Å². The number of carbonyl (C=O) groups is 2. The maximum Gasteiger partial charge on any atom is 0.407 e. The van der Waals surface area contributed by atoms with Gasteiger partial charge in [-0.2, -0.15) is 0 Å². The Kier molecular flexibility index (Phi) is 5.11. The van der Waals surface area contributed by atoms with Gasteiger partial charge in [0, 0.05) is 16.9 Å². The van der Waals surface area contributed by atoms with Gasteiger partial charge < -0.3 is 19.6 Å². The summed E-state index contributed by atoms with van der Waals surface area (Å²) in [5.74, 6) is -1.10. The second kappa shape index (κ2) is 8.23. The second-order valence-electron chi connectivity index (χ2n) is 7.81. The van der Waals surface area contributed by atoms with Crippen molar-refractivity contribution in [2.45, 2.75) is 18.4 Å². The third kappa shape index (κ3) is 3.60. The number of amides is 1. The Bertz CT molecular complexity index is 1260. The average molecular weight is 427 g/mol. The van der Waals surface area contributed by atoms with Crippen molar-refractivity contribution in [1.29, 1.82) is 0 Å². The highest BCUT2D eigenvalue weighted by atomic mass is 16.5. The average Bonchev–Trinajstić information content (AvgIpc) is 3.36. The van der Waals surface area contributed by atoms with Crippen molar-refractivity contribution in [2.75, 3.05) is 6.61 Å². The summed E-state index contributed by atoms with van der Waals surface area (Å²) < 4.78 is 11.1. The Balaban J connectivity index is 1.34. The van der Waals surface area contributed by atoms with E-state index in [-0.39, 0.29) is 18.9 Å². The van der Waals surface area contributed by atoms with E-state index in [2.05, 4.69) is 17.4 Å². The maximum absolute atomic E-state index is 12.7. The summed E-state index contributed by atoms with van der Waals surface area (Å²) in [5, 5.41) is 12.8. The van der Waals surface area contributed by atoms with Crippen molar-refractivity contribution in [2.24, 2.45) is 0 Å². The van der Waals surface area contributed by atoms with E-state index in [0.29, 0.717) is 11.1 Å². The molecular formula is C26H21NO5. The molecule has 0 fully saturated rings. The van der Waals surface area contributed by atoms with Crippen LogP contribution in [0.15, 0.2) is 83.5 Å². The van der Waals surface area contributed by atoms with Crippen LogP contribution < -0.4 is 5.32 Å². The number of rotatable bonds is 6. The Morgan fingerprint density at radius 1 is 0.938 bits per heavy atom. The number of carbonyl (C=O) groups excluding carboxylic acids is 1. The van der Waals surface area contributed by atoms with Gasteiger partial charge >= 0.3 is 12.1 Å². The van der Waals surface area contributed by atoms with Gasteiger partial charge in [0.25, 0.3) is 0 Å². The molecule has 32 heavy (non-hydrogen) atoms. The third-order valence-corrected chi connectivity index (χ3v) is 5.90. The third-order valence-electron chi connectivity index (χ3n) is 5.90. The summed E-state index contributed by atoms with van der Waals surface area (Å²) in [6.07, 6.45) is 0.541. The van der Waals surface area contributed by atoms with Gasteiger partial charge in [-0.1, -0.05) is 66.7 Å². The first-order valence-corrected chi connectivity index (χ1v) is 10.4. The fraction of sp³-hybridized carbons (Fsp3) is 0.154. The summed E-state index contributed by atoms with van der Waals surface area (Å²) >= 11 is 0. The number of nitrogens with one attached hydrogen (secondary N) is 1. The highest BCUT2D eigenvalue weighted by Crippen LogP contribution is 2.44. The van der Waals surface area contributed by atoms with E-state index in [1.807, 2.05) is 54.6 Å². The van der Waals surface area contributed by atoms with E-state index < -0.39 is 18.1 Å². The fourth-order valence-electron chi connectivity index (χ4n) is 4.46. The zero-order valence-electron chi connectivity index (χ0n) is 17.2. The molecule has 6 heteroatoms. The number of hydrogen-bond acceptors (Lipinski definition) is 4. The molecule has 0 aliphatic heterocycles. The zero-order chi connectivity index (χ0) is 22.1. The van der Waals surface area contributed by atoms with Gasteiger partial charge in [0.15, 0.2) is 0 Å². The van der Waals surface area contributed by atoms with Crippen LogP contribution in [0.25, 0.3) is 22.1 Å².